The molecule has 2 radical (unpaired) electrons. The standard InChI is InChI=1S/C35H25.2CO.ClH.Ru/c1-6-16-26(17-7-1)31-32(27-18-8-2-9-19-27)34(29-22-12-4-13-23-29)35(30-24-14-5-15-25-30)33(31)28-20-10-3-11-21-28;2*1-2;;/h1-25H;;;1H;/q;;;;+1/p-1. The predicted octanol–water partition coefficient (Wildman–Crippen LogP) is 5.77. The fourth-order valence-electron chi connectivity index (χ4n) is 5.09. The molecule has 0 amide bonds. The van der Waals surface area contributed by atoms with E-state index in [-0.39, 0.29) is 31.9 Å². The maximum absolute atomic E-state index is 7.50. The van der Waals surface area contributed by atoms with E-state index in [9.17, 15) is 0 Å². The molecule has 0 saturated carbocycles. The molecule has 1 aliphatic carbocycles. The maximum Gasteiger partial charge on any atom is 1.00 e. The molecule has 0 aromatic heterocycles. The van der Waals surface area contributed by atoms with Gasteiger partial charge in [0, 0.05) is 0 Å². The van der Waals surface area contributed by atoms with Gasteiger partial charge in [-0.3, -0.25) is 0 Å². The Balaban J connectivity index is 0.000000941. The van der Waals surface area contributed by atoms with Crippen molar-refractivity contribution in [3.8, 4) is 0 Å². The molecule has 0 heterocycles. The van der Waals surface area contributed by atoms with Gasteiger partial charge >= 0.3 is 42.1 Å². The molecule has 6 rings (SSSR count). The van der Waals surface area contributed by atoms with Gasteiger partial charge in [-0.05, 0) is 50.1 Å². The first kappa shape index (κ1) is 33.2. The first-order chi connectivity index (χ1) is 19.4. The number of hydrogen-bond acceptors (Lipinski definition) is 0. The van der Waals surface area contributed by atoms with E-state index in [1.165, 1.54) is 56.0 Å². The second-order valence-electron chi connectivity index (χ2n) is 8.71. The third kappa shape index (κ3) is 7.19. The molecular formula is C37H25ClO2Ru. The van der Waals surface area contributed by atoms with Gasteiger partial charge in [-0.15, -0.1) is 0 Å². The minimum Gasteiger partial charge on any atom is -1.00 e. The zero-order chi connectivity index (χ0) is 27.5. The summed E-state index contributed by atoms with van der Waals surface area (Å²) in [5.41, 5.74) is 11.2. The summed E-state index contributed by atoms with van der Waals surface area (Å²) in [6, 6.07) is 54.1. The Kier molecular flexibility index (Phi) is 13.7. The molecule has 0 fully saturated rings. The smallest absolute Gasteiger partial charge is 1.00 e. The monoisotopic (exact) mass is 638 g/mol. The Morgan fingerprint density at radius 1 is 0.293 bits per heavy atom. The molecule has 4 heteroatoms. The van der Waals surface area contributed by atoms with Crippen LogP contribution in [0.1, 0.15) is 27.8 Å². The van der Waals surface area contributed by atoms with Crippen LogP contribution in [0.25, 0.3) is 22.3 Å². The van der Waals surface area contributed by atoms with Crippen molar-refractivity contribution in [1.82, 2.24) is 0 Å². The average Bonchev–Trinajstić information content (AvgIpc) is 3.41. The normalized spacial score (nSPS) is 12.0. The molecule has 200 valence electrons. The quantitative estimate of drug-likeness (QED) is 0.133. The van der Waals surface area contributed by atoms with Gasteiger partial charge in [0.1, 0.15) is 0 Å². The molecule has 0 N–H and O–H groups in total. The second kappa shape index (κ2) is 16.9. The molecule has 1 aliphatic rings. The molecule has 0 spiro atoms. The number of allylic oxidation sites excluding steroid dienone is 4. The van der Waals surface area contributed by atoms with Crippen LogP contribution in [0.5, 0.6) is 0 Å². The van der Waals surface area contributed by atoms with Crippen molar-refractivity contribution in [3.05, 3.63) is 199 Å². The first-order valence-electron chi connectivity index (χ1n) is 12.5. The average molecular weight is 638 g/mol. The molecule has 5 aromatic rings. The number of halogens is 1. The summed E-state index contributed by atoms with van der Waals surface area (Å²) in [5.74, 6) is 1.28. The van der Waals surface area contributed by atoms with E-state index < -0.39 is 0 Å². The Labute approximate surface area is 261 Å². The van der Waals surface area contributed by atoms with Crippen molar-refractivity contribution in [2.24, 2.45) is 0 Å². The Morgan fingerprint density at radius 2 is 0.488 bits per heavy atom. The molecule has 0 aliphatic heterocycles. The van der Waals surface area contributed by atoms with Crippen LogP contribution in [-0.4, -0.2) is 0 Å². The Bertz CT molecular complexity index is 1490. The number of benzene rings is 5. The van der Waals surface area contributed by atoms with Crippen molar-refractivity contribution in [2.45, 2.75) is 0 Å². The Morgan fingerprint density at radius 3 is 0.732 bits per heavy atom. The summed E-state index contributed by atoms with van der Waals surface area (Å²) in [6.45, 7) is 9.00. The fourth-order valence-corrected chi connectivity index (χ4v) is 5.09. The van der Waals surface area contributed by atoms with Crippen molar-refractivity contribution in [2.75, 3.05) is 0 Å². The van der Waals surface area contributed by atoms with E-state index in [2.05, 4.69) is 165 Å². The van der Waals surface area contributed by atoms with Gasteiger partial charge < -0.3 is 12.4 Å². The topological polar surface area (TPSA) is 39.8 Å². The second-order valence-corrected chi connectivity index (χ2v) is 8.71. The summed E-state index contributed by atoms with van der Waals surface area (Å²) in [4.78, 5) is 0. The first-order valence-corrected chi connectivity index (χ1v) is 12.5. The van der Waals surface area contributed by atoms with Crippen LogP contribution in [0.4, 0.5) is 0 Å². The third-order valence-corrected chi connectivity index (χ3v) is 6.56. The van der Waals surface area contributed by atoms with E-state index >= 15 is 0 Å². The molecule has 5 aromatic carbocycles. The molecule has 0 atom stereocenters. The van der Waals surface area contributed by atoms with Crippen LogP contribution in [-0.2, 0) is 28.8 Å². The summed E-state index contributed by atoms with van der Waals surface area (Å²) in [7, 11) is 0. The van der Waals surface area contributed by atoms with Gasteiger partial charge in [0.05, 0.1) is 5.92 Å². The molecule has 41 heavy (non-hydrogen) atoms. The summed E-state index contributed by atoms with van der Waals surface area (Å²) in [5, 5.41) is 0. The summed E-state index contributed by atoms with van der Waals surface area (Å²) in [6.07, 6.45) is 0. The van der Waals surface area contributed by atoms with Crippen LogP contribution in [0.2, 0.25) is 0 Å². The molecular weight excluding hydrogens is 613 g/mol. The van der Waals surface area contributed by atoms with Gasteiger partial charge in [0.2, 0.25) is 0 Å². The van der Waals surface area contributed by atoms with Crippen molar-refractivity contribution in [3.63, 3.8) is 0 Å². The van der Waals surface area contributed by atoms with Gasteiger partial charge in [-0.1, -0.05) is 152 Å². The van der Waals surface area contributed by atoms with Gasteiger partial charge in [-0.2, -0.15) is 0 Å². The third-order valence-electron chi connectivity index (χ3n) is 6.56. The van der Waals surface area contributed by atoms with Crippen LogP contribution in [0.3, 0.4) is 0 Å². The maximum atomic E-state index is 7.50. The largest absolute Gasteiger partial charge is 1.00 e. The van der Waals surface area contributed by atoms with Crippen molar-refractivity contribution in [1.29, 1.82) is 0 Å². The van der Waals surface area contributed by atoms with Crippen LogP contribution in [0.15, 0.2) is 152 Å². The van der Waals surface area contributed by atoms with Crippen molar-refractivity contribution >= 4 is 22.3 Å². The van der Waals surface area contributed by atoms with Gasteiger partial charge in [-0.25, -0.2) is 0 Å². The molecule has 0 saturated heterocycles. The summed E-state index contributed by atoms with van der Waals surface area (Å²) >= 11 is 0. The summed E-state index contributed by atoms with van der Waals surface area (Å²) < 4.78 is 15.0. The van der Waals surface area contributed by atoms with E-state index in [1.807, 2.05) is 0 Å². The predicted molar refractivity (Wildman–Crippen MR) is 156 cm³/mol. The fraction of sp³-hybridized carbons (Fsp3) is 0. The van der Waals surface area contributed by atoms with E-state index in [4.69, 9.17) is 9.30 Å². The zero-order valence-corrected chi connectivity index (χ0v) is 24.5. The molecule has 0 unspecified atom stereocenters. The van der Waals surface area contributed by atoms with E-state index in [0.717, 1.165) is 0 Å². The number of hydrogen-bond donors (Lipinski definition) is 0. The molecule has 2 nitrogen and oxygen atoms in total. The Hall–Kier alpha value is -4.03. The SMILES string of the molecule is [C-]#[O+].[C-]#[O+].[Cl-].[Ru+].c1ccc([C]2C(c3ccccc3)=C(c3ccccc3)C(c3ccccc3)=C2c2ccccc2)cc1. The van der Waals surface area contributed by atoms with E-state index in [0.29, 0.717) is 0 Å². The van der Waals surface area contributed by atoms with Crippen LogP contribution in [0, 0.1) is 19.2 Å². The van der Waals surface area contributed by atoms with E-state index in [1.54, 1.807) is 0 Å². The minimum absolute atomic E-state index is 0. The van der Waals surface area contributed by atoms with Crippen LogP contribution >= 0.6 is 0 Å². The van der Waals surface area contributed by atoms with Crippen LogP contribution < -0.4 is 12.4 Å². The number of rotatable bonds is 5. The van der Waals surface area contributed by atoms with Gasteiger partial charge in [0.15, 0.2) is 0 Å². The van der Waals surface area contributed by atoms with Gasteiger partial charge in [0.25, 0.3) is 0 Å². The molecule has 0 bridgehead atoms. The zero-order valence-electron chi connectivity index (χ0n) is 22.0. The minimum atomic E-state index is 0. The van der Waals surface area contributed by atoms with Crippen molar-refractivity contribution < 1.29 is 41.2 Å².